The average molecular weight is 332 g/mol. The maximum absolute atomic E-state index is 13.9. The highest BCUT2D eigenvalue weighted by Gasteiger charge is 2.20. The van der Waals surface area contributed by atoms with E-state index in [0.717, 1.165) is 0 Å². The Kier molecular flexibility index (Phi) is 5.75. The summed E-state index contributed by atoms with van der Waals surface area (Å²) in [5, 5.41) is 11.4. The third kappa shape index (κ3) is 3.92. The predicted molar refractivity (Wildman–Crippen MR) is 73.7 cm³/mol. The number of oxime groups is 1. The van der Waals surface area contributed by atoms with Crippen LogP contribution in [-0.2, 0) is 0 Å². The zero-order valence-electron chi connectivity index (χ0n) is 10.4. The van der Waals surface area contributed by atoms with E-state index in [1.54, 1.807) is 6.07 Å². The van der Waals surface area contributed by atoms with Gasteiger partial charge >= 0.3 is 0 Å². The quantitative estimate of drug-likeness (QED) is 0.375. The normalized spacial score (nSPS) is 11.4. The number of benzene rings is 1. The van der Waals surface area contributed by atoms with Crippen LogP contribution < -0.4 is 5.73 Å². The summed E-state index contributed by atoms with van der Waals surface area (Å²) in [6, 6.07) is 4.49. The summed E-state index contributed by atoms with van der Waals surface area (Å²) in [5.74, 6) is -1.21. The van der Waals surface area contributed by atoms with E-state index < -0.39 is 11.7 Å². The fourth-order valence-electron chi connectivity index (χ4n) is 1.59. The lowest BCUT2D eigenvalue weighted by Gasteiger charge is -2.21. The van der Waals surface area contributed by atoms with E-state index in [1.807, 2.05) is 6.92 Å². The molecule has 0 heterocycles. The summed E-state index contributed by atoms with van der Waals surface area (Å²) >= 11 is 3.03. The fourth-order valence-corrected chi connectivity index (χ4v) is 1.96. The van der Waals surface area contributed by atoms with Crippen LogP contribution in [0.5, 0.6) is 0 Å². The second-order valence-corrected chi connectivity index (χ2v) is 4.77. The molecule has 0 aromatic heterocycles. The van der Waals surface area contributed by atoms with Crippen LogP contribution in [0.4, 0.5) is 4.39 Å². The highest BCUT2D eigenvalue weighted by Crippen LogP contribution is 2.20. The molecule has 1 aromatic rings. The molecule has 104 valence electrons. The van der Waals surface area contributed by atoms with Gasteiger partial charge in [-0.3, -0.25) is 4.79 Å². The van der Waals surface area contributed by atoms with Crippen molar-refractivity contribution in [3.8, 4) is 0 Å². The molecule has 1 aromatic carbocycles. The van der Waals surface area contributed by atoms with Gasteiger partial charge in [0.2, 0.25) is 0 Å². The Bertz CT molecular complexity index is 494. The fraction of sp³-hybridized carbons (Fsp3) is 0.333. The van der Waals surface area contributed by atoms with Gasteiger partial charge in [-0.1, -0.05) is 18.1 Å². The third-order valence-electron chi connectivity index (χ3n) is 2.44. The average Bonchev–Trinajstić information content (AvgIpc) is 2.40. The van der Waals surface area contributed by atoms with Gasteiger partial charge in [-0.05, 0) is 34.5 Å². The number of nitrogens with two attached hydrogens (primary N) is 1. The molecule has 0 aliphatic rings. The van der Waals surface area contributed by atoms with Crippen molar-refractivity contribution in [2.45, 2.75) is 13.3 Å². The maximum atomic E-state index is 13.9. The highest BCUT2D eigenvalue weighted by atomic mass is 79.9. The molecule has 19 heavy (non-hydrogen) atoms. The smallest absolute Gasteiger partial charge is 0.257 e. The molecule has 3 N–H and O–H groups in total. The van der Waals surface area contributed by atoms with Gasteiger partial charge in [0.15, 0.2) is 5.84 Å². The topological polar surface area (TPSA) is 78.9 Å². The number of carbonyl (C=O) groups excluding carboxylic acids is 1. The Morgan fingerprint density at radius 2 is 2.26 bits per heavy atom. The van der Waals surface area contributed by atoms with Gasteiger partial charge in [0.1, 0.15) is 5.82 Å². The molecule has 0 unspecified atom stereocenters. The molecule has 1 amide bonds. The number of carbonyl (C=O) groups is 1. The minimum Gasteiger partial charge on any atom is -0.409 e. The lowest BCUT2D eigenvalue weighted by Crippen LogP contribution is -2.39. The molecule has 0 saturated heterocycles. The number of rotatable bonds is 5. The molecule has 0 aliphatic heterocycles. The largest absolute Gasteiger partial charge is 0.409 e. The van der Waals surface area contributed by atoms with Crippen molar-refractivity contribution in [3.05, 3.63) is 34.1 Å². The molecule has 0 radical (unpaired) electrons. The van der Waals surface area contributed by atoms with Crippen LogP contribution in [0, 0.1) is 5.82 Å². The number of nitrogens with zero attached hydrogens (tertiary/aromatic N) is 2. The van der Waals surface area contributed by atoms with E-state index in [2.05, 4.69) is 21.1 Å². The highest BCUT2D eigenvalue weighted by molar-refractivity contribution is 9.10. The summed E-state index contributed by atoms with van der Waals surface area (Å²) in [4.78, 5) is 13.6. The zero-order chi connectivity index (χ0) is 14.4. The minimum atomic E-state index is -0.617. The molecule has 0 spiro atoms. The summed E-state index contributed by atoms with van der Waals surface area (Å²) in [7, 11) is 0. The van der Waals surface area contributed by atoms with Crippen LogP contribution in [-0.4, -0.2) is 34.9 Å². The molecule has 0 fully saturated rings. The monoisotopic (exact) mass is 331 g/mol. The van der Waals surface area contributed by atoms with Crippen molar-refractivity contribution in [1.29, 1.82) is 0 Å². The molecule has 1 rings (SSSR count). The Morgan fingerprint density at radius 3 is 2.84 bits per heavy atom. The Morgan fingerprint density at radius 1 is 1.58 bits per heavy atom. The van der Waals surface area contributed by atoms with Crippen molar-refractivity contribution in [2.75, 3.05) is 13.1 Å². The maximum Gasteiger partial charge on any atom is 0.257 e. The van der Waals surface area contributed by atoms with Gasteiger partial charge in [0.25, 0.3) is 5.91 Å². The first-order valence-corrected chi connectivity index (χ1v) is 6.50. The predicted octanol–water partition coefficient (Wildman–Crippen LogP) is 2.19. The lowest BCUT2D eigenvalue weighted by molar-refractivity contribution is 0.0773. The van der Waals surface area contributed by atoms with Crippen LogP contribution in [0.1, 0.15) is 23.7 Å². The summed E-state index contributed by atoms with van der Waals surface area (Å²) < 4.78 is 14.1. The standard InChI is InChI=1S/C12H15BrFN3O2/c1-2-6-17(7-10(15)16-19)12(18)8-4-3-5-9(13)11(8)14/h3-5,19H,2,6-7H2,1H3,(H2,15,16). The number of hydrogen-bond donors (Lipinski definition) is 2. The second-order valence-electron chi connectivity index (χ2n) is 3.92. The van der Waals surface area contributed by atoms with E-state index in [9.17, 15) is 9.18 Å². The van der Waals surface area contributed by atoms with Crippen molar-refractivity contribution in [1.82, 2.24) is 4.90 Å². The van der Waals surface area contributed by atoms with E-state index in [0.29, 0.717) is 13.0 Å². The van der Waals surface area contributed by atoms with Gasteiger partial charge < -0.3 is 15.8 Å². The van der Waals surface area contributed by atoms with E-state index >= 15 is 0 Å². The third-order valence-corrected chi connectivity index (χ3v) is 3.06. The molecular weight excluding hydrogens is 317 g/mol. The van der Waals surface area contributed by atoms with Crippen LogP contribution in [0.2, 0.25) is 0 Å². The van der Waals surface area contributed by atoms with Gasteiger partial charge in [-0.25, -0.2) is 4.39 Å². The number of amides is 1. The molecule has 5 nitrogen and oxygen atoms in total. The van der Waals surface area contributed by atoms with Crippen LogP contribution in [0.15, 0.2) is 27.8 Å². The number of hydrogen-bond acceptors (Lipinski definition) is 3. The lowest BCUT2D eigenvalue weighted by atomic mass is 10.1. The molecule has 0 saturated carbocycles. The van der Waals surface area contributed by atoms with Gasteiger partial charge in [-0.15, -0.1) is 0 Å². The van der Waals surface area contributed by atoms with Gasteiger partial charge in [0, 0.05) is 6.54 Å². The van der Waals surface area contributed by atoms with E-state index in [4.69, 9.17) is 10.9 Å². The van der Waals surface area contributed by atoms with E-state index in [-0.39, 0.29) is 22.4 Å². The Balaban J connectivity index is 3.02. The zero-order valence-corrected chi connectivity index (χ0v) is 12.0. The SMILES string of the molecule is CCCN(C/C(N)=N/O)C(=O)c1cccc(Br)c1F. The van der Waals surface area contributed by atoms with Crippen molar-refractivity contribution < 1.29 is 14.4 Å². The molecule has 0 bridgehead atoms. The Hall–Kier alpha value is -1.63. The summed E-state index contributed by atoms with van der Waals surface area (Å²) in [6.45, 7) is 2.22. The first-order valence-electron chi connectivity index (χ1n) is 5.71. The molecule has 7 heteroatoms. The van der Waals surface area contributed by atoms with Gasteiger partial charge in [0.05, 0.1) is 16.6 Å². The van der Waals surface area contributed by atoms with Crippen molar-refractivity contribution in [2.24, 2.45) is 10.9 Å². The summed E-state index contributed by atoms with van der Waals surface area (Å²) in [5.41, 5.74) is 5.34. The second kappa shape index (κ2) is 7.08. The molecule has 0 atom stereocenters. The minimum absolute atomic E-state index is 0.0465. The van der Waals surface area contributed by atoms with Crippen LogP contribution in [0.3, 0.4) is 0 Å². The van der Waals surface area contributed by atoms with Gasteiger partial charge in [-0.2, -0.15) is 0 Å². The van der Waals surface area contributed by atoms with Crippen LogP contribution in [0.25, 0.3) is 0 Å². The van der Waals surface area contributed by atoms with Crippen molar-refractivity contribution >= 4 is 27.7 Å². The number of amidine groups is 1. The first kappa shape index (κ1) is 15.4. The molecular formula is C12H15BrFN3O2. The van der Waals surface area contributed by atoms with Crippen LogP contribution >= 0.6 is 15.9 Å². The first-order chi connectivity index (χ1) is 9.01. The van der Waals surface area contributed by atoms with E-state index in [1.165, 1.54) is 17.0 Å². The summed E-state index contributed by atoms with van der Waals surface area (Å²) in [6.07, 6.45) is 0.681. The van der Waals surface area contributed by atoms with Crippen molar-refractivity contribution in [3.63, 3.8) is 0 Å². The molecule has 0 aliphatic carbocycles. The number of halogens is 2. The Labute approximate surface area is 119 Å².